The Morgan fingerprint density at radius 1 is 0.842 bits per heavy atom. The third kappa shape index (κ3) is 14.6. The highest BCUT2D eigenvalue weighted by molar-refractivity contribution is 6.00. The number of unbranched alkanes of at least 4 members (excludes halogenated alkanes) is 1. The van der Waals surface area contributed by atoms with Crippen molar-refractivity contribution in [3.05, 3.63) is 108 Å². The van der Waals surface area contributed by atoms with Crippen LogP contribution >= 0.6 is 0 Å². The second-order valence-corrected chi connectivity index (χ2v) is 14.4. The summed E-state index contributed by atoms with van der Waals surface area (Å²) >= 11 is 0. The number of nitrogens with one attached hydrogen (secondary N) is 2. The summed E-state index contributed by atoms with van der Waals surface area (Å²) in [6.07, 6.45) is 5.53. The summed E-state index contributed by atoms with van der Waals surface area (Å²) < 4.78 is 5.31. The van der Waals surface area contributed by atoms with E-state index in [9.17, 15) is 14.4 Å². The maximum Gasteiger partial charge on any atom is 0.407 e. The maximum atomic E-state index is 14.4. The molecule has 1 spiro atoms. The van der Waals surface area contributed by atoms with Crippen molar-refractivity contribution >= 4 is 30.3 Å². The van der Waals surface area contributed by atoms with E-state index in [-0.39, 0.29) is 38.4 Å². The molecule has 3 saturated heterocycles. The lowest BCUT2D eigenvalue weighted by atomic mass is 9.79. The van der Waals surface area contributed by atoms with Gasteiger partial charge in [-0.15, -0.1) is 0 Å². The molecule has 0 aliphatic carbocycles. The molecule has 0 aromatic heterocycles. The minimum absolute atomic E-state index is 0. The van der Waals surface area contributed by atoms with Crippen LogP contribution in [0.1, 0.15) is 76.0 Å². The van der Waals surface area contributed by atoms with Gasteiger partial charge in [-0.2, -0.15) is 0 Å². The number of ether oxygens (including phenoxy) is 1. The van der Waals surface area contributed by atoms with Crippen LogP contribution in [-0.2, 0) is 43.5 Å². The van der Waals surface area contributed by atoms with Gasteiger partial charge in [-0.3, -0.25) is 24.1 Å². The van der Waals surface area contributed by atoms with Crippen molar-refractivity contribution in [2.24, 2.45) is 0 Å². The number of benzene rings is 3. The van der Waals surface area contributed by atoms with Gasteiger partial charge < -0.3 is 35.4 Å². The molecule has 1 atom stereocenters. The Balaban J connectivity index is 0.00000101. The van der Waals surface area contributed by atoms with Crippen LogP contribution < -0.4 is 10.6 Å². The summed E-state index contributed by atoms with van der Waals surface area (Å²) in [6, 6.07) is 30.2. The van der Waals surface area contributed by atoms with E-state index >= 15 is 0 Å². The summed E-state index contributed by atoms with van der Waals surface area (Å²) in [6.45, 7) is 6.77. The Morgan fingerprint density at radius 2 is 1.37 bits per heavy atom. The number of hydrogen-bond donors (Lipinski definition) is 4. The normalized spacial score (nSPS) is 18.1. The van der Waals surface area contributed by atoms with Crippen molar-refractivity contribution in [3.63, 3.8) is 0 Å². The number of nitrogens with zero attached hydrogens (tertiary/aromatic N) is 3. The number of piperazine rings is 1. The number of amides is 3. The fourth-order valence-electron chi connectivity index (χ4n) is 7.73. The van der Waals surface area contributed by atoms with Crippen LogP contribution in [0.4, 0.5) is 4.79 Å². The summed E-state index contributed by atoms with van der Waals surface area (Å²) in [5, 5.41) is 20.3. The molecule has 3 fully saturated rings. The third-order valence-corrected chi connectivity index (χ3v) is 10.5. The molecule has 3 aliphatic heterocycles. The summed E-state index contributed by atoms with van der Waals surface area (Å²) in [5.41, 5.74) is 2.76. The molecule has 3 heterocycles. The van der Waals surface area contributed by atoms with E-state index in [1.807, 2.05) is 42.5 Å². The van der Waals surface area contributed by atoms with Crippen LogP contribution in [0.2, 0.25) is 0 Å². The molecule has 3 aliphatic rings. The standard InChI is InChI=1S/C40H51N5O4.C2H4O2.CH2O2.CH4/c46-37-36(18-10-11-24-41-39(48)49-31-34-16-8-3-9-17-34)42-38(47)40(22-28-43(29-23-40)25-19-32-12-4-1-5-13-32)45(37)35-20-26-44(27-21-35)30-33-14-6-2-7-15-33;1-2(3)4;2-1-3;/h1-9,12-17,35-36H,10-11,18-31H2,(H,41,48)(H,42,47);1H3,(H,3,4);1H,(H,2,3);1H4/t36-;;;/m0.../s1. The number of carboxylic acid groups (broad SMARTS) is 2. The minimum atomic E-state index is -0.833. The topological polar surface area (TPSA) is 169 Å². The average molecular weight is 788 g/mol. The van der Waals surface area contributed by atoms with Gasteiger partial charge >= 0.3 is 6.09 Å². The van der Waals surface area contributed by atoms with Gasteiger partial charge in [0.1, 0.15) is 18.2 Å². The van der Waals surface area contributed by atoms with E-state index in [1.54, 1.807) is 0 Å². The van der Waals surface area contributed by atoms with E-state index in [0.717, 1.165) is 71.0 Å². The predicted octanol–water partition coefficient (Wildman–Crippen LogP) is 5.58. The molecule has 6 rings (SSSR count). The molecule has 3 aromatic carbocycles. The zero-order valence-electron chi connectivity index (χ0n) is 32.4. The molecule has 57 heavy (non-hydrogen) atoms. The molecule has 310 valence electrons. The SMILES string of the molecule is C.CC(=O)O.O=C(NCCCC[C@@H]1NC(=O)C2(CCN(CCc3ccccc3)CC2)N(C2CCN(Cc3ccccc3)CC2)C1=O)OCc1ccccc1.O=CO. The number of carbonyl (C=O) groups excluding carboxylic acids is 3. The first kappa shape index (κ1) is 46.1. The summed E-state index contributed by atoms with van der Waals surface area (Å²) in [5.74, 6) is -0.761. The van der Waals surface area contributed by atoms with Gasteiger partial charge in [0.15, 0.2) is 0 Å². The summed E-state index contributed by atoms with van der Waals surface area (Å²) in [4.78, 5) is 65.0. The summed E-state index contributed by atoms with van der Waals surface area (Å²) in [7, 11) is 0. The molecule has 13 nitrogen and oxygen atoms in total. The Labute approximate surface area is 337 Å². The highest BCUT2D eigenvalue weighted by atomic mass is 16.5. The number of aliphatic carboxylic acids is 1. The van der Waals surface area contributed by atoms with Gasteiger partial charge in [0.2, 0.25) is 11.8 Å². The first-order valence-corrected chi connectivity index (χ1v) is 19.5. The number of alkyl carbamates (subject to hydrolysis) is 1. The monoisotopic (exact) mass is 787 g/mol. The lowest BCUT2D eigenvalue weighted by molar-refractivity contribution is -0.167. The number of carboxylic acids is 1. The molecular weight excluding hydrogens is 727 g/mol. The second-order valence-electron chi connectivity index (χ2n) is 14.4. The molecule has 4 N–H and O–H groups in total. The van der Waals surface area contributed by atoms with Gasteiger partial charge in [-0.1, -0.05) is 98.4 Å². The molecule has 0 saturated carbocycles. The van der Waals surface area contributed by atoms with Crippen LogP contribution in [-0.4, -0.2) is 112 Å². The van der Waals surface area contributed by atoms with E-state index in [1.165, 1.54) is 11.1 Å². The fraction of sp³-hybridized carbons (Fsp3) is 0.477. The number of rotatable bonds is 13. The van der Waals surface area contributed by atoms with Crippen molar-refractivity contribution in [2.75, 3.05) is 39.3 Å². The van der Waals surface area contributed by atoms with E-state index in [4.69, 9.17) is 24.5 Å². The van der Waals surface area contributed by atoms with Gasteiger partial charge in [-0.05, 0) is 68.1 Å². The van der Waals surface area contributed by atoms with Gasteiger partial charge in [0.05, 0.1) is 0 Å². The average Bonchev–Trinajstić information content (AvgIpc) is 3.20. The highest BCUT2D eigenvalue weighted by Crippen LogP contribution is 2.38. The van der Waals surface area contributed by atoms with Crippen LogP contribution in [0.5, 0.6) is 0 Å². The highest BCUT2D eigenvalue weighted by Gasteiger charge is 2.55. The molecular formula is C44H61N5O8. The largest absolute Gasteiger partial charge is 0.483 e. The molecule has 0 bridgehead atoms. The lowest BCUT2D eigenvalue weighted by Gasteiger charge is -2.55. The van der Waals surface area contributed by atoms with Crippen LogP contribution in [0.25, 0.3) is 0 Å². The Kier molecular flexibility index (Phi) is 19.7. The smallest absolute Gasteiger partial charge is 0.407 e. The van der Waals surface area contributed by atoms with Gasteiger partial charge in [-0.25, -0.2) is 4.79 Å². The minimum Gasteiger partial charge on any atom is -0.483 e. The first-order valence-electron chi connectivity index (χ1n) is 19.5. The molecule has 0 radical (unpaired) electrons. The molecule has 3 amide bonds. The van der Waals surface area contributed by atoms with Crippen LogP contribution in [0.3, 0.4) is 0 Å². The number of likely N-dealkylation sites (tertiary alicyclic amines) is 2. The van der Waals surface area contributed by atoms with E-state index < -0.39 is 23.6 Å². The second kappa shape index (κ2) is 24.4. The predicted molar refractivity (Wildman–Crippen MR) is 219 cm³/mol. The van der Waals surface area contributed by atoms with E-state index in [0.29, 0.717) is 38.6 Å². The van der Waals surface area contributed by atoms with Crippen molar-refractivity contribution in [1.29, 1.82) is 0 Å². The van der Waals surface area contributed by atoms with E-state index in [2.05, 4.69) is 73.9 Å². The number of carbonyl (C=O) groups is 5. The quantitative estimate of drug-likeness (QED) is 0.127. The van der Waals surface area contributed by atoms with Crippen molar-refractivity contribution < 1.29 is 38.9 Å². The van der Waals surface area contributed by atoms with Gasteiger partial charge in [0.25, 0.3) is 12.4 Å². The Hall–Kier alpha value is -5.27. The van der Waals surface area contributed by atoms with Crippen molar-refractivity contribution in [3.8, 4) is 0 Å². The zero-order valence-corrected chi connectivity index (χ0v) is 32.4. The van der Waals surface area contributed by atoms with Crippen LogP contribution in [0, 0.1) is 0 Å². The van der Waals surface area contributed by atoms with Crippen molar-refractivity contribution in [2.45, 2.75) is 96.5 Å². The molecule has 13 heteroatoms. The lowest BCUT2D eigenvalue weighted by Crippen LogP contribution is -2.75. The first-order chi connectivity index (χ1) is 27.1. The number of hydrogen-bond acceptors (Lipinski definition) is 8. The third-order valence-electron chi connectivity index (χ3n) is 10.5. The molecule has 0 unspecified atom stereocenters. The Morgan fingerprint density at radius 3 is 1.93 bits per heavy atom. The fourth-order valence-corrected chi connectivity index (χ4v) is 7.73. The number of piperidine rings is 2. The zero-order chi connectivity index (χ0) is 40.2. The maximum absolute atomic E-state index is 14.4. The van der Waals surface area contributed by atoms with Crippen LogP contribution in [0.15, 0.2) is 91.0 Å². The molecule has 3 aromatic rings. The Bertz CT molecular complexity index is 1640. The van der Waals surface area contributed by atoms with Crippen molar-refractivity contribution in [1.82, 2.24) is 25.3 Å². The van der Waals surface area contributed by atoms with Gasteiger partial charge in [0, 0.05) is 58.8 Å².